The Hall–Kier alpha value is -2.37. The maximum Gasteiger partial charge on any atom is 0.270 e. The lowest BCUT2D eigenvalue weighted by Gasteiger charge is -2.13. The molecule has 1 saturated carbocycles. The molecule has 0 aliphatic heterocycles. The van der Waals surface area contributed by atoms with Crippen molar-refractivity contribution in [2.45, 2.75) is 26.3 Å². The topological polar surface area (TPSA) is 77.2 Å². The molecule has 1 fully saturated rings. The standard InChI is InChI=1S/C15H17N3O3/c1-15(2)8-13(15)16-11-7-14(19)17(3)12-5-4-9(18(20)21)6-10(11)12/h4-7,13,16H,8H2,1-3H3. The van der Waals surface area contributed by atoms with Crippen LogP contribution in [0.15, 0.2) is 29.1 Å². The Balaban J connectivity index is 2.17. The van der Waals surface area contributed by atoms with Crippen LogP contribution < -0.4 is 10.9 Å². The Kier molecular flexibility index (Phi) is 2.79. The number of nitro benzene ring substituents is 1. The maximum atomic E-state index is 12.0. The summed E-state index contributed by atoms with van der Waals surface area (Å²) in [5.74, 6) is 0. The fraction of sp³-hybridized carbons (Fsp3) is 0.400. The lowest BCUT2D eigenvalue weighted by atomic mass is 10.1. The molecule has 1 heterocycles. The predicted octanol–water partition coefficient (Wildman–Crippen LogP) is 2.66. The summed E-state index contributed by atoms with van der Waals surface area (Å²) >= 11 is 0. The fourth-order valence-electron chi connectivity index (χ4n) is 2.58. The third-order valence-corrected chi connectivity index (χ3v) is 4.28. The van der Waals surface area contributed by atoms with Crippen LogP contribution in [0.5, 0.6) is 0 Å². The van der Waals surface area contributed by atoms with Crippen molar-refractivity contribution in [3.63, 3.8) is 0 Å². The highest BCUT2D eigenvalue weighted by Crippen LogP contribution is 2.47. The number of aryl methyl sites for hydroxylation is 1. The van der Waals surface area contributed by atoms with Crippen LogP contribution in [0.4, 0.5) is 11.4 Å². The molecule has 0 spiro atoms. The Morgan fingerprint density at radius 3 is 2.62 bits per heavy atom. The van der Waals surface area contributed by atoms with E-state index >= 15 is 0 Å². The van der Waals surface area contributed by atoms with Gasteiger partial charge in [-0.15, -0.1) is 0 Å². The third kappa shape index (κ3) is 2.26. The Bertz CT molecular complexity index is 808. The smallest absolute Gasteiger partial charge is 0.270 e. The van der Waals surface area contributed by atoms with Crippen LogP contribution in [0.2, 0.25) is 0 Å². The second kappa shape index (κ2) is 4.31. The lowest BCUT2D eigenvalue weighted by molar-refractivity contribution is -0.384. The molecular weight excluding hydrogens is 270 g/mol. The van der Waals surface area contributed by atoms with Gasteiger partial charge in [0.25, 0.3) is 11.2 Å². The molecule has 0 amide bonds. The number of nitrogens with zero attached hydrogens (tertiary/aromatic N) is 2. The summed E-state index contributed by atoms with van der Waals surface area (Å²) in [5, 5.41) is 15.0. The van der Waals surface area contributed by atoms with Crippen molar-refractivity contribution in [1.29, 1.82) is 0 Å². The number of non-ortho nitro benzene ring substituents is 1. The van der Waals surface area contributed by atoms with Gasteiger partial charge in [0.1, 0.15) is 0 Å². The summed E-state index contributed by atoms with van der Waals surface area (Å²) in [4.78, 5) is 22.6. The van der Waals surface area contributed by atoms with E-state index in [-0.39, 0.29) is 16.7 Å². The van der Waals surface area contributed by atoms with Crippen molar-refractivity contribution >= 4 is 22.3 Å². The van der Waals surface area contributed by atoms with Gasteiger partial charge in [0, 0.05) is 42.4 Å². The second-order valence-corrected chi connectivity index (χ2v) is 6.30. The number of fused-ring (bicyclic) bond motifs is 1. The van der Waals surface area contributed by atoms with Gasteiger partial charge in [0.2, 0.25) is 0 Å². The number of rotatable bonds is 3. The molecule has 0 saturated heterocycles. The van der Waals surface area contributed by atoms with Crippen LogP contribution in [0, 0.1) is 15.5 Å². The van der Waals surface area contributed by atoms with E-state index in [1.807, 2.05) is 0 Å². The van der Waals surface area contributed by atoms with E-state index in [0.29, 0.717) is 22.6 Å². The molecule has 1 unspecified atom stereocenters. The Labute approximate surface area is 121 Å². The van der Waals surface area contributed by atoms with Crippen LogP contribution in [0.3, 0.4) is 0 Å². The summed E-state index contributed by atoms with van der Waals surface area (Å²) in [6.45, 7) is 4.30. The molecule has 0 radical (unpaired) electrons. The van der Waals surface area contributed by atoms with Crippen LogP contribution in [-0.2, 0) is 7.05 Å². The quantitative estimate of drug-likeness (QED) is 0.695. The molecular formula is C15H17N3O3. The normalized spacial score (nSPS) is 19.5. The summed E-state index contributed by atoms with van der Waals surface area (Å²) in [6.07, 6.45) is 1.03. The fourth-order valence-corrected chi connectivity index (χ4v) is 2.58. The average Bonchev–Trinajstić information content (AvgIpc) is 3.02. The number of nitro groups is 1. The van der Waals surface area contributed by atoms with E-state index in [1.54, 1.807) is 13.1 Å². The van der Waals surface area contributed by atoms with Crippen molar-refractivity contribution < 1.29 is 4.92 Å². The lowest BCUT2D eigenvalue weighted by Crippen LogP contribution is -2.19. The zero-order valence-electron chi connectivity index (χ0n) is 12.2. The van der Waals surface area contributed by atoms with E-state index in [0.717, 1.165) is 6.42 Å². The summed E-state index contributed by atoms with van der Waals surface area (Å²) in [7, 11) is 1.67. The van der Waals surface area contributed by atoms with Gasteiger partial charge in [-0.25, -0.2) is 0 Å². The Morgan fingerprint density at radius 1 is 1.38 bits per heavy atom. The van der Waals surface area contributed by atoms with Crippen molar-refractivity contribution in [2.24, 2.45) is 12.5 Å². The number of aromatic nitrogens is 1. The highest BCUT2D eigenvalue weighted by Gasteiger charge is 2.45. The first-order chi connectivity index (χ1) is 9.79. The van der Waals surface area contributed by atoms with Crippen LogP contribution >= 0.6 is 0 Å². The summed E-state index contributed by atoms with van der Waals surface area (Å²) < 4.78 is 1.50. The SMILES string of the molecule is Cn1c(=O)cc(NC2CC2(C)C)c2cc([N+](=O)[O-])ccc21. The minimum absolute atomic E-state index is 0.0271. The van der Waals surface area contributed by atoms with E-state index < -0.39 is 4.92 Å². The van der Waals surface area contributed by atoms with Crippen molar-refractivity contribution in [3.05, 3.63) is 44.7 Å². The van der Waals surface area contributed by atoms with Crippen molar-refractivity contribution in [1.82, 2.24) is 4.57 Å². The van der Waals surface area contributed by atoms with Crippen molar-refractivity contribution in [2.75, 3.05) is 5.32 Å². The zero-order valence-corrected chi connectivity index (χ0v) is 12.2. The van der Waals surface area contributed by atoms with Crippen molar-refractivity contribution in [3.8, 4) is 0 Å². The molecule has 6 nitrogen and oxygen atoms in total. The third-order valence-electron chi connectivity index (χ3n) is 4.28. The highest BCUT2D eigenvalue weighted by molar-refractivity contribution is 5.93. The molecule has 0 bridgehead atoms. The van der Waals surface area contributed by atoms with E-state index in [2.05, 4.69) is 19.2 Å². The van der Waals surface area contributed by atoms with Gasteiger partial charge in [-0.1, -0.05) is 13.8 Å². The second-order valence-electron chi connectivity index (χ2n) is 6.30. The van der Waals surface area contributed by atoms with Gasteiger partial charge < -0.3 is 9.88 Å². The number of nitrogens with one attached hydrogen (secondary N) is 1. The van der Waals surface area contributed by atoms with Gasteiger partial charge in [-0.05, 0) is 17.9 Å². The summed E-state index contributed by atoms with van der Waals surface area (Å²) in [5.41, 5.74) is 1.46. The van der Waals surface area contributed by atoms with E-state index in [1.165, 1.54) is 22.8 Å². The molecule has 3 rings (SSSR count). The van der Waals surface area contributed by atoms with Crippen LogP contribution in [-0.4, -0.2) is 15.5 Å². The minimum atomic E-state index is -0.421. The molecule has 21 heavy (non-hydrogen) atoms. The first-order valence-corrected chi connectivity index (χ1v) is 6.84. The predicted molar refractivity (Wildman–Crippen MR) is 81.7 cm³/mol. The molecule has 6 heteroatoms. The highest BCUT2D eigenvalue weighted by atomic mass is 16.6. The first kappa shape index (κ1) is 13.6. The zero-order chi connectivity index (χ0) is 15.4. The summed E-state index contributed by atoms with van der Waals surface area (Å²) in [6, 6.07) is 6.38. The Morgan fingerprint density at radius 2 is 2.05 bits per heavy atom. The molecule has 1 aromatic carbocycles. The number of hydrogen-bond acceptors (Lipinski definition) is 4. The van der Waals surface area contributed by atoms with E-state index in [9.17, 15) is 14.9 Å². The average molecular weight is 287 g/mol. The minimum Gasteiger partial charge on any atom is -0.381 e. The molecule has 1 aliphatic carbocycles. The molecule has 1 atom stereocenters. The first-order valence-electron chi connectivity index (χ1n) is 6.84. The van der Waals surface area contributed by atoms with Gasteiger partial charge in [-0.2, -0.15) is 0 Å². The number of hydrogen-bond donors (Lipinski definition) is 1. The largest absolute Gasteiger partial charge is 0.381 e. The van der Waals surface area contributed by atoms with Gasteiger partial charge in [0.15, 0.2) is 0 Å². The number of pyridine rings is 1. The molecule has 110 valence electrons. The monoisotopic (exact) mass is 287 g/mol. The van der Waals surface area contributed by atoms with Gasteiger partial charge >= 0.3 is 0 Å². The van der Waals surface area contributed by atoms with E-state index in [4.69, 9.17) is 0 Å². The maximum absolute atomic E-state index is 12.0. The molecule has 1 aliphatic rings. The van der Waals surface area contributed by atoms with Crippen LogP contribution in [0.25, 0.3) is 10.9 Å². The number of benzene rings is 1. The molecule has 2 aromatic rings. The number of anilines is 1. The van der Waals surface area contributed by atoms with Crippen LogP contribution in [0.1, 0.15) is 20.3 Å². The molecule has 1 aromatic heterocycles. The van der Waals surface area contributed by atoms with Gasteiger partial charge in [-0.3, -0.25) is 14.9 Å². The van der Waals surface area contributed by atoms with Gasteiger partial charge in [0.05, 0.1) is 10.4 Å². The molecule has 1 N–H and O–H groups in total.